The predicted octanol–water partition coefficient (Wildman–Crippen LogP) is 5.63. The van der Waals surface area contributed by atoms with Gasteiger partial charge in [0.15, 0.2) is 0 Å². The molecule has 0 fully saturated rings. The SMILES string of the molecule is C=N/C(=C\C=C(/C)C(=O)N(CCC)CCC)C(C)(C)C.CCC. The second kappa shape index (κ2) is 13.1. The molecular formula is C20H38N2O. The molecule has 0 rings (SSSR count). The fraction of sp³-hybridized carbons (Fsp3) is 0.700. The number of hydrogen-bond donors (Lipinski definition) is 0. The molecule has 0 aliphatic rings. The van der Waals surface area contributed by atoms with Crippen molar-refractivity contribution < 1.29 is 4.79 Å². The molecule has 0 bridgehead atoms. The lowest BCUT2D eigenvalue weighted by molar-refractivity contribution is -0.127. The van der Waals surface area contributed by atoms with Gasteiger partial charge in [-0.05, 0) is 32.6 Å². The van der Waals surface area contributed by atoms with Gasteiger partial charge in [0.1, 0.15) is 0 Å². The van der Waals surface area contributed by atoms with Gasteiger partial charge in [-0.15, -0.1) is 0 Å². The van der Waals surface area contributed by atoms with Crippen molar-refractivity contribution >= 4 is 12.6 Å². The minimum Gasteiger partial charge on any atom is -0.339 e. The van der Waals surface area contributed by atoms with Gasteiger partial charge >= 0.3 is 0 Å². The highest BCUT2D eigenvalue weighted by Gasteiger charge is 2.16. The maximum Gasteiger partial charge on any atom is 0.249 e. The maximum atomic E-state index is 12.4. The third-order valence-corrected chi connectivity index (χ3v) is 3.04. The minimum absolute atomic E-state index is 0.0614. The average molecular weight is 323 g/mol. The highest BCUT2D eigenvalue weighted by Crippen LogP contribution is 2.25. The third-order valence-electron chi connectivity index (χ3n) is 3.04. The van der Waals surface area contributed by atoms with Crippen LogP contribution < -0.4 is 0 Å². The fourth-order valence-electron chi connectivity index (χ4n) is 1.92. The molecule has 1 amide bonds. The van der Waals surface area contributed by atoms with Crippen LogP contribution in [0.15, 0.2) is 28.4 Å². The quantitative estimate of drug-likeness (QED) is 0.340. The molecule has 0 saturated carbocycles. The maximum absolute atomic E-state index is 12.4. The summed E-state index contributed by atoms with van der Waals surface area (Å²) in [7, 11) is 0. The summed E-state index contributed by atoms with van der Waals surface area (Å²) in [4.78, 5) is 18.3. The largest absolute Gasteiger partial charge is 0.339 e. The van der Waals surface area contributed by atoms with Crippen molar-refractivity contribution in [1.82, 2.24) is 4.90 Å². The van der Waals surface area contributed by atoms with Crippen LogP contribution >= 0.6 is 0 Å². The van der Waals surface area contributed by atoms with E-state index in [1.807, 2.05) is 24.0 Å². The molecule has 0 N–H and O–H groups in total. The van der Waals surface area contributed by atoms with Crippen LogP contribution in [0.3, 0.4) is 0 Å². The third kappa shape index (κ3) is 10.9. The van der Waals surface area contributed by atoms with Gasteiger partial charge < -0.3 is 4.90 Å². The molecule has 0 heterocycles. The Balaban J connectivity index is 0. The lowest BCUT2D eigenvalue weighted by atomic mass is 9.92. The average Bonchev–Trinajstić information content (AvgIpc) is 2.46. The van der Waals surface area contributed by atoms with Crippen molar-refractivity contribution in [2.24, 2.45) is 10.4 Å². The van der Waals surface area contributed by atoms with Gasteiger partial charge in [-0.25, -0.2) is 0 Å². The molecule has 0 saturated heterocycles. The van der Waals surface area contributed by atoms with E-state index in [4.69, 9.17) is 0 Å². The summed E-state index contributed by atoms with van der Waals surface area (Å²) in [6, 6.07) is 0. The first-order valence-electron chi connectivity index (χ1n) is 8.84. The summed E-state index contributed by atoms with van der Waals surface area (Å²) in [5.41, 5.74) is 1.58. The Hall–Kier alpha value is -1.38. The molecule has 0 aromatic heterocycles. The van der Waals surface area contributed by atoms with Gasteiger partial charge in [0.25, 0.3) is 0 Å². The van der Waals surface area contributed by atoms with Crippen LogP contribution in [0.4, 0.5) is 0 Å². The fourth-order valence-corrected chi connectivity index (χ4v) is 1.92. The van der Waals surface area contributed by atoms with Crippen molar-refractivity contribution in [2.75, 3.05) is 13.1 Å². The molecule has 3 nitrogen and oxygen atoms in total. The first-order valence-corrected chi connectivity index (χ1v) is 8.84. The first kappa shape index (κ1) is 23.9. The molecule has 0 aliphatic heterocycles. The number of amides is 1. The standard InChI is InChI=1S/C17H30N2O.C3H8/c1-8-12-19(13-9-2)16(20)14(3)10-11-15(18-7)17(4,5)6;1-3-2/h10-11H,7-9,12-13H2,1-6H3;3H2,1-2H3/b14-10+,15-11-;. The van der Waals surface area contributed by atoms with E-state index in [0.717, 1.165) is 37.2 Å². The van der Waals surface area contributed by atoms with Crippen LogP contribution in [0.2, 0.25) is 0 Å². The zero-order chi connectivity index (χ0) is 18.5. The molecule has 0 aromatic rings. The van der Waals surface area contributed by atoms with Crippen molar-refractivity contribution in [3.63, 3.8) is 0 Å². The number of nitrogens with zero attached hydrogens (tertiary/aromatic N) is 2. The lowest BCUT2D eigenvalue weighted by Crippen LogP contribution is -2.33. The van der Waals surface area contributed by atoms with Crippen LogP contribution in [0, 0.1) is 5.41 Å². The molecule has 0 aliphatic carbocycles. The van der Waals surface area contributed by atoms with Crippen LogP contribution in [-0.4, -0.2) is 30.6 Å². The molecule has 0 spiro atoms. The Kier molecular flexibility index (Phi) is 13.6. The smallest absolute Gasteiger partial charge is 0.249 e. The summed E-state index contributed by atoms with van der Waals surface area (Å²) >= 11 is 0. The van der Waals surface area contributed by atoms with E-state index in [-0.39, 0.29) is 11.3 Å². The number of allylic oxidation sites excluding steroid dienone is 3. The number of rotatable bonds is 7. The van der Waals surface area contributed by atoms with Crippen LogP contribution in [0.5, 0.6) is 0 Å². The molecule has 3 heteroatoms. The first-order chi connectivity index (χ1) is 10.7. The summed E-state index contributed by atoms with van der Waals surface area (Å²) < 4.78 is 0. The van der Waals surface area contributed by atoms with Crippen molar-refractivity contribution in [3.8, 4) is 0 Å². The highest BCUT2D eigenvalue weighted by molar-refractivity contribution is 5.93. The number of aliphatic imine (C=N–C) groups is 1. The molecule has 23 heavy (non-hydrogen) atoms. The van der Waals surface area contributed by atoms with E-state index < -0.39 is 0 Å². The molecule has 0 radical (unpaired) electrons. The van der Waals surface area contributed by atoms with Crippen LogP contribution in [-0.2, 0) is 4.79 Å². The highest BCUT2D eigenvalue weighted by atomic mass is 16.2. The zero-order valence-electron chi connectivity index (χ0n) is 16.7. The van der Waals surface area contributed by atoms with E-state index in [2.05, 4.69) is 60.2 Å². The van der Waals surface area contributed by atoms with Crippen LogP contribution in [0.1, 0.15) is 74.7 Å². The predicted molar refractivity (Wildman–Crippen MR) is 104 cm³/mol. The van der Waals surface area contributed by atoms with Gasteiger partial charge in [-0.2, -0.15) is 0 Å². The Morgan fingerprint density at radius 2 is 1.48 bits per heavy atom. The topological polar surface area (TPSA) is 32.7 Å². The monoisotopic (exact) mass is 322 g/mol. The lowest BCUT2D eigenvalue weighted by Gasteiger charge is -2.22. The van der Waals surface area contributed by atoms with E-state index in [1.165, 1.54) is 6.42 Å². The molecule has 0 atom stereocenters. The van der Waals surface area contributed by atoms with Crippen molar-refractivity contribution in [2.45, 2.75) is 74.7 Å². The van der Waals surface area contributed by atoms with Gasteiger partial charge in [0.2, 0.25) is 5.91 Å². The van der Waals surface area contributed by atoms with E-state index in [1.54, 1.807) is 0 Å². The van der Waals surface area contributed by atoms with E-state index in [0.29, 0.717) is 0 Å². The Labute approximate surface area is 144 Å². The summed E-state index contributed by atoms with van der Waals surface area (Å²) in [6.07, 6.45) is 6.97. The molecule has 0 unspecified atom stereocenters. The summed E-state index contributed by atoms with van der Waals surface area (Å²) in [5.74, 6) is 0.113. The van der Waals surface area contributed by atoms with Crippen molar-refractivity contribution in [1.29, 1.82) is 0 Å². The second-order valence-corrected chi connectivity index (χ2v) is 6.81. The summed E-state index contributed by atoms with van der Waals surface area (Å²) in [6.45, 7) is 21.8. The van der Waals surface area contributed by atoms with E-state index >= 15 is 0 Å². The Morgan fingerprint density at radius 1 is 1.04 bits per heavy atom. The number of hydrogen-bond acceptors (Lipinski definition) is 2. The van der Waals surface area contributed by atoms with Crippen LogP contribution in [0.25, 0.3) is 0 Å². The van der Waals surface area contributed by atoms with Crippen molar-refractivity contribution in [3.05, 3.63) is 23.4 Å². The van der Waals surface area contributed by atoms with E-state index in [9.17, 15) is 4.79 Å². The normalized spacial score (nSPS) is 12.3. The minimum atomic E-state index is -0.0614. The molecule has 134 valence electrons. The number of carbonyl (C=O) groups excluding carboxylic acids is 1. The van der Waals surface area contributed by atoms with Gasteiger partial charge in [0, 0.05) is 29.8 Å². The molecular weight excluding hydrogens is 284 g/mol. The Morgan fingerprint density at radius 3 is 1.78 bits per heavy atom. The molecule has 0 aromatic carbocycles. The van der Waals surface area contributed by atoms with Gasteiger partial charge in [0.05, 0.1) is 0 Å². The zero-order valence-corrected chi connectivity index (χ0v) is 16.7. The van der Waals surface area contributed by atoms with Gasteiger partial charge in [-0.1, -0.05) is 61.0 Å². The van der Waals surface area contributed by atoms with Gasteiger partial charge in [-0.3, -0.25) is 9.79 Å². The summed E-state index contributed by atoms with van der Waals surface area (Å²) in [5, 5.41) is 0. The second-order valence-electron chi connectivity index (χ2n) is 6.81. The number of carbonyl (C=O) groups is 1. The Bertz CT molecular complexity index is 394.